The van der Waals surface area contributed by atoms with Gasteiger partial charge in [-0.1, -0.05) is 29.3 Å². The maximum absolute atomic E-state index is 6.30. The topological polar surface area (TPSA) is 18.5 Å². The second-order valence-corrected chi connectivity index (χ2v) is 9.86. The molecular weight excluding hydrogens is 391 g/mol. The Hall–Kier alpha value is -1.48. The molecule has 0 saturated heterocycles. The van der Waals surface area contributed by atoms with Crippen molar-refractivity contribution in [2.75, 3.05) is 0 Å². The molecule has 148 valence electrons. The third-order valence-electron chi connectivity index (χ3n) is 5.19. The van der Waals surface area contributed by atoms with Gasteiger partial charge in [-0.05, 0) is 99.6 Å². The Morgan fingerprint density at radius 1 is 1.00 bits per heavy atom. The summed E-state index contributed by atoms with van der Waals surface area (Å²) in [5, 5.41) is 1.10. The maximum Gasteiger partial charge on any atom is 0.146 e. The van der Waals surface area contributed by atoms with Crippen LogP contribution >= 0.6 is 23.2 Å². The molecule has 0 radical (unpaired) electrons. The van der Waals surface area contributed by atoms with E-state index in [0.717, 1.165) is 12.2 Å². The molecule has 1 saturated carbocycles. The van der Waals surface area contributed by atoms with Gasteiger partial charge in [-0.25, -0.2) is 0 Å². The SMILES string of the molecule is CC1(C)C=C(c2cc(Oc3ccc(Cl)cc3Cl)ccc2C2CC2)CC(C)(C)O1. The number of benzene rings is 2. The highest BCUT2D eigenvalue weighted by Crippen LogP contribution is 2.47. The lowest BCUT2D eigenvalue weighted by molar-refractivity contribution is -0.100. The predicted octanol–water partition coefficient (Wildman–Crippen LogP) is 8.02. The quantitative estimate of drug-likeness (QED) is 0.501. The minimum atomic E-state index is -0.297. The average Bonchev–Trinajstić information content (AvgIpc) is 3.39. The highest BCUT2D eigenvalue weighted by molar-refractivity contribution is 6.35. The summed E-state index contributed by atoms with van der Waals surface area (Å²) in [6.45, 7) is 8.57. The van der Waals surface area contributed by atoms with Crippen LogP contribution in [0.15, 0.2) is 42.5 Å². The Balaban J connectivity index is 1.73. The highest BCUT2D eigenvalue weighted by atomic mass is 35.5. The molecule has 4 heteroatoms. The minimum Gasteiger partial charge on any atom is -0.456 e. The highest BCUT2D eigenvalue weighted by Gasteiger charge is 2.36. The lowest BCUT2D eigenvalue weighted by Gasteiger charge is -2.40. The molecule has 0 spiro atoms. The van der Waals surface area contributed by atoms with Gasteiger partial charge in [0.25, 0.3) is 0 Å². The second kappa shape index (κ2) is 7.09. The van der Waals surface area contributed by atoms with Crippen molar-refractivity contribution >= 4 is 28.8 Å². The first kappa shape index (κ1) is 19.8. The first-order chi connectivity index (χ1) is 13.1. The monoisotopic (exact) mass is 416 g/mol. The van der Waals surface area contributed by atoms with Crippen molar-refractivity contribution in [3.8, 4) is 11.5 Å². The number of rotatable bonds is 4. The van der Waals surface area contributed by atoms with Crippen LogP contribution in [-0.2, 0) is 4.74 Å². The Morgan fingerprint density at radius 2 is 1.75 bits per heavy atom. The first-order valence-corrected chi connectivity index (χ1v) is 10.6. The van der Waals surface area contributed by atoms with Gasteiger partial charge in [0.05, 0.1) is 16.2 Å². The molecular formula is C24H26Cl2O2. The van der Waals surface area contributed by atoms with Crippen LogP contribution in [0.2, 0.25) is 10.0 Å². The summed E-state index contributed by atoms with van der Waals surface area (Å²) in [4.78, 5) is 0. The standard InChI is InChI=1S/C24H26Cl2O2/c1-23(2)13-16(14-24(3,4)28-23)20-12-18(8-9-19(20)15-5-6-15)27-22-10-7-17(25)11-21(22)26/h7-13,15H,5-6,14H2,1-4H3. The van der Waals surface area contributed by atoms with Gasteiger partial charge in [-0.15, -0.1) is 0 Å². The molecule has 0 N–H and O–H groups in total. The molecule has 4 rings (SSSR count). The van der Waals surface area contributed by atoms with Crippen molar-refractivity contribution in [3.63, 3.8) is 0 Å². The summed E-state index contributed by atoms with van der Waals surface area (Å²) < 4.78 is 12.3. The summed E-state index contributed by atoms with van der Waals surface area (Å²) in [6.07, 6.45) is 5.65. The smallest absolute Gasteiger partial charge is 0.146 e. The van der Waals surface area contributed by atoms with Gasteiger partial charge in [0, 0.05) is 11.4 Å². The lowest BCUT2D eigenvalue weighted by atomic mass is 9.83. The third-order valence-corrected chi connectivity index (χ3v) is 5.72. The fraction of sp³-hybridized carbons (Fsp3) is 0.417. The van der Waals surface area contributed by atoms with E-state index in [0.29, 0.717) is 21.7 Å². The largest absolute Gasteiger partial charge is 0.456 e. The normalized spacial score (nSPS) is 20.6. The van der Waals surface area contributed by atoms with E-state index in [1.54, 1.807) is 18.2 Å². The molecule has 0 aromatic heterocycles. The number of hydrogen-bond acceptors (Lipinski definition) is 2. The van der Waals surface area contributed by atoms with Crippen LogP contribution in [0.4, 0.5) is 0 Å². The Morgan fingerprint density at radius 3 is 2.39 bits per heavy atom. The van der Waals surface area contributed by atoms with Gasteiger partial charge in [-0.3, -0.25) is 0 Å². The number of hydrogen-bond donors (Lipinski definition) is 0. The van der Waals surface area contributed by atoms with E-state index in [4.69, 9.17) is 32.7 Å². The van der Waals surface area contributed by atoms with Crippen LogP contribution < -0.4 is 4.74 Å². The van der Waals surface area contributed by atoms with E-state index < -0.39 is 0 Å². The molecule has 0 bridgehead atoms. The van der Waals surface area contributed by atoms with Crippen LogP contribution in [0.1, 0.15) is 64.0 Å². The molecule has 1 heterocycles. The van der Waals surface area contributed by atoms with Crippen LogP contribution in [0, 0.1) is 0 Å². The second-order valence-electron chi connectivity index (χ2n) is 9.01. The van der Waals surface area contributed by atoms with Gasteiger partial charge in [0.15, 0.2) is 0 Å². The van der Waals surface area contributed by atoms with Gasteiger partial charge < -0.3 is 9.47 Å². The lowest BCUT2D eigenvalue weighted by Crippen LogP contribution is -2.39. The van der Waals surface area contributed by atoms with Gasteiger partial charge in [-0.2, -0.15) is 0 Å². The van der Waals surface area contributed by atoms with E-state index in [1.807, 2.05) is 6.07 Å². The fourth-order valence-electron chi connectivity index (χ4n) is 4.19. The summed E-state index contributed by atoms with van der Waals surface area (Å²) >= 11 is 12.3. The molecule has 0 amide bonds. The van der Waals surface area contributed by atoms with E-state index in [-0.39, 0.29) is 11.2 Å². The van der Waals surface area contributed by atoms with Crippen molar-refractivity contribution in [1.29, 1.82) is 0 Å². The molecule has 0 atom stereocenters. The van der Waals surface area contributed by atoms with E-state index >= 15 is 0 Å². The number of ether oxygens (including phenoxy) is 2. The van der Waals surface area contributed by atoms with Crippen molar-refractivity contribution < 1.29 is 9.47 Å². The Bertz CT molecular complexity index is 940. The summed E-state index contributed by atoms with van der Waals surface area (Å²) in [7, 11) is 0. The van der Waals surface area contributed by atoms with Crippen molar-refractivity contribution in [2.45, 2.75) is 64.1 Å². The fourth-order valence-corrected chi connectivity index (χ4v) is 4.64. The van der Waals surface area contributed by atoms with Crippen LogP contribution in [-0.4, -0.2) is 11.2 Å². The molecule has 28 heavy (non-hydrogen) atoms. The zero-order valence-corrected chi connectivity index (χ0v) is 18.3. The van der Waals surface area contributed by atoms with Gasteiger partial charge in [0.2, 0.25) is 0 Å². The van der Waals surface area contributed by atoms with Crippen LogP contribution in [0.25, 0.3) is 5.57 Å². The van der Waals surface area contributed by atoms with Crippen molar-refractivity contribution in [2.24, 2.45) is 0 Å². The Labute approximate surface area is 177 Å². The van der Waals surface area contributed by atoms with Gasteiger partial charge in [0.1, 0.15) is 11.5 Å². The summed E-state index contributed by atoms with van der Waals surface area (Å²) in [5.74, 6) is 2.04. The molecule has 1 fully saturated rings. The molecule has 1 aliphatic heterocycles. The minimum absolute atomic E-state index is 0.204. The predicted molar refractivity (Wildman–Crippen MR) is 117 cm³/mol. The zero-order valence-electron chi connectivity index (χ0n) is 16.8. The average molecular weight is 417 g/mol. The van der Waals surface area contributed by atoms with E-state index in [2.05, 4.69) is 45.9 Å². The van der Waals surface area contributed by atoms with E-state index in [1.165, 1.54) is 29.5 Å². The molecule has 2 nitrogen and oxygen atoms in total. The summed E-state index contributed by atoms with van der Waals surface area (Å²) in [5.41, 5.74) is 3.51. The molecule has 0 unspecified atom stereocenters. The third kappa shape index (κ3) is 4.40. The van der Waals surface area contributed by atoms with Gasteiger partial charge >= 0.3 is 0 Å². The van der Waals surface area contributed by atoms with E-state index in [9.17, 15) is 0 Å². The van der Waals surface area contributed by atoms with Crippen LogP contribution in [0.5, 0.6) is 11.5 Å². The van der Waals surface area contributed by atoms with Crippen LogP contribution in [0.3, 0.4) is 0 Å². The van der Waals surface area contributed by atoms with Crippen molar-refractivity contribution in [1.82, 2.24) is 0 Å². The number of halogens is 2. The zero-order chi connectivity index (χ0) is 20.1. The molecule has 1 aliphatic carbocycles. The summed E-state index contributed by atoms with van der Waals surface area (Å²) in [6, 6.07) is 11.7. The maximum atomic E-state index is 6.30. The Kier molecular flexibility index (Phi) is 5.02. The molecule has 2 aliphatic rings. The molecule has 2 aromatic carbocycles. The first-order valence-electron chi connectivity index (χ1n) is 9.81. The molecule has 2 aromatic rings. The van der Waals surface area contributed by atoms with Crippen molar-refractivity contribution in [3.05, 3.63) is 63.6 Å².